The van der Waals surface area contributed by atoms with Crippen LogP contribution in [0.1, 0.15) is 43.5 Å². The number of imidazole rings is 1. The van der Waals surface area contributed by atoms with Crippen LogP contribution in [-0.4, -0.2) is 27.6 Å². The minimum absolute atomic E-state index is 0. The summed E-state index contributed by atoms with van der Waals surface area (Å²) in [6.07, 6.45) is 0.400. The molecular weight excluding hydrogens is 893 g/mol. The summed E-state index contributed by atoms with van der Waals surface area (Å²) >= 11 is 0. The number of hydrogen-bond acceptors (Lipinski definition) is 4. The van der Waals surface area contributed by atoms with E-state index in [0.717, 1.165) is 77.7 Å². The maximum absolute atomic E-state index is 9.04. The number of rotatable bonds is 7. The Morgan fingerprint density at radius 3 is 2.25 bits per heavy atom. The van der Waals surface area contributed by atoms with E-state index in [1.807, 2.05) is 117 Å². The van der Waals surface area contributed by atoms with Crippen LogP contribution in [0.15, 0.2) is 138 Å². The van der Waals surface area contributed by atoms with Gasteiger partial charge in [0.2, 0.25) is 5.71 Å². The smallest absolute Gasteiger partial charge is 0.216 e. The third kappa shape index (κ3) is 8.33. The average molecular weight is 941 g/mol. The van der Waals surface area contributed by atoms with Crippen molar-refractivity contribution in [1.29, 1.82) is 0 Å². The average Bonchev–Trinajstić information content (AvgIpc) is 3.79. The third-order valence-electron chi connectivity index (χ3n) is 10.1. The SMILES string of the molecule is Cc1cc(C)cc(-n2c(-c3[c-]ccc4c3oc3nc(C)ccc34)nc3ccccc32)c1.[2H]C([2H])(c1cc(-c2[c-]cccc2)ncc1[Si](C)(C)C)C(C)c1ccccc1.[Ir]. The monoisotopic (exact) mass is 941 g/mol. The fourth-order valence-corrected chi connectivity index (χ4v) is 8.75. The molecule has 287 valence electrons. The molecule has 0 aliphatic rings. The normalized spacial score (nSPS) is 12.8. The molecule has 0 saturated carbocycles. The molecule has 4 heterocycles. The van der Waals surface area contributed by atoms with E-state index in [9.17, 15) is 0 Å². The molecule has 0 fully saturated rings. The van der Waals surface area contributed by atoms with Gasteiger partial charge in [0, 0.05) is 45.8 Å². The van der Waals surface area contributed by atoms with Crippen LogP contribution < -0.4 is 5.19 Å². The van der Waals surface area contributed by atoms with Crippen molar-refractivity contribution in [2.24, 2.45) is 0 Å². The Morgan fingerprint density at radius 1 is 0.772 bits per heavy atom. The van der Waals surface area contributed by atoms with Gasteiger partial charge in [0.1, 0.15) is 0 Å². The molecule has 9 aromatic rings. The Balaban J connectivity index is 0.000000178. The quantitative estimate of drug-likeness (QED) is 0.118. The van der Waals surface area contributed by atoms with Crippen molar-refractivity contribution in [2.45, 2.75) is 59.6 Å². The number of nitrogens with zero attached hydrogens (tertiary/aromatic N) is 4. The first-order valence-electron chi connectivity index (χ1n) is 20.1. The van der Waals surface area contributed by atoms with Crippen molar-refractivity contribution in [2.75, 3.05) is 0 Å². The fourth-order valence-electron chi connectivity index (χ4n) is 7.35. The predicted molar refractivity (Wildman–Crippen MR) is 235 cm³/mol. The molecule has 0 spiro atoms. The molecule has 5 nitrogen and oxygen atoms in total. The van der Waals surface area contributed by atoms with Gasteiger partial charge in [-0.25, -0.2) is 4.98 Å². The van der Waals surface area contributed by atoms with Crippen LogP contribution in [0.5, 0.6) is 0 Å². The van der Waals surface area contributed by atoms with Crippen molar-refractivity contribution in [3.05, 3.63) is 174 Å². The van der Waals surface area contributed by atoms with E-state index in [1.165, 1.54) is 11.1 Å². The summed E-state index contributed by atoms with van der Waals surface area (Å²) in [5.74, 6) is 0.552. The minimum atomic E-state index is -1.77. The largest absolute Gasteiger partial charge is 0.486 e. The van der Waals surface area contributed by atoms with Crippen molar-refractivity contribution in [3.8, 4) is 28.3 Å². The maximum Gasteiger partial charge on any atom is 0.216 e. The molecule has 4 aromatic heterocycles. The summed E-state index contributed by atoms with van der Waals surface area (Å²) in [7, 11) is -1.77. The van der Waals surface area contributed by atoms with Gasteiger partial charge in [0.25, 0.3) is 0 Å². The summed E-state index contributed by atoms with van der Waals surface area (Å²) in [6.45, 7) is 14.9. The first-order chi connectivity index (χ1) is 27.8. The molecule has 9 rings (SSSR count). The van der Waals surface area contributed by atoms with Gasteiger partial charge in [0.15, 0.2) is 0 Å². The molecule has 0 N–H and O–H groups in total. The number of furan rings is 1. The first kappa shape index (κ1) is 37.1. The fraction of sp³-hybridized carbons (Fsp3) is 0.180. The van der Waals surface area contributed by atoms with E-state index in [0.29, 0.717) is 5.71 Å². The summed E-state index contributed by atoms with van der Waals surface area (Å²) in [5.41, 5.74) is 12.1. The van der Waals surface area contributed by atoms with Gasteiger partial charge < -0.3 is 14.0 Å². The first-order valence-corrected chi connectivity index (χ1v) is 22.6. The molecular formula is C50H46IrN4OSi-2. The van der Waals surface area contributed by atoms with Gasteiger partial charge in [-0.15, -0.1) is 54.1 Å². The van der Waals surface area contributed by atoms with Crippen LogP contribution in [0.3, 0.4) is 0 Å². The Labute approximate surface area is 353 Å². The van der Waals surface area contributed by atoms with Crippen molar-refractivity contribution < 1.29 is 27.3 Å². The zero-order valence-corrected chi connectivity index (χ0v) is 36.7. The molecule has 0 aliphatic carbocycles. The molecule has 57 heavy (non-hydrogen) atoms. The zero-order valence-electron chi connectivity index (χ0n) is 35.3. The van der Waals surface area contributed by atoms with E-state index in [2.05, 4.69) is 90.5 Å². The molecule has 7 heteroatoms. The van der Waals surface area contributed by atoms with Crippen LogP contribution in [0.4, 0.5) is 0 Å². The van der Waals surface area contributed by atoms with E-state index < -0.39 is 14.4 Å². The molecule has 0 bridgehead atoms. The topological polar surface area (TPSA) is 56.7 Å². The van der Waals surface area contributed by atoms with Crippen LogP contribution in [0, 0.1) is 32.9 Å². The second-order valence-electron chi connectivity index (χ2n) is 15.5. The summed E-state index contributed by atoms with van der Waals surface area (Å²) in [5, 5.41) is 3.11. The van der Waals surface area contributed by atoms with Crippen molar-refractivity contribution in [3.63, 3.8) is 0 Å². The maximum atomic E-state index is 9.04. The molecule has 0 amide bonds. The summed E-state index contributed by atoms with van der Waals surface area (Å²) < 4.78 is 26.5. The number of benzene rings is 5. The second-order valence-corrected chi connectivity index (χ2v) is 20.6. The van der Waals surface area contributed by atoms with Crippen LogP contribution >= 0.6 is 0 Å². The Kier molecular flexibility index (Phi) is 10.8. The Bertz CT molecular complexity index is 2900. The van der Waals surface area contributed by atoms with Gasteiger partial charge in [0.05, 0.1) is 30.5 Å². The summed E-state index contributed by atoms with van der Waals surface area (Å²) in [4.78, 5) is 14.3. The Morgan fingerprint density at radius 2 is 1.51 bits per heavy atom. The van der Waals surface area contributed by atoms with Crippen molar-refractivity contribution in [1.82, 2.24) is 19.5 Å². The number of aromatic nitrogens is 4. The minimum Gasteiger partial charge on any atom is -0.486 e. The molecule has 1 atom stereocenters. The zero-order chi connectivity index (χ0) is 40.8. The number of hydrogen-bond donors (Lipinski definition) is 0. The molecule has 0 aliphatic heterocycles. The van der Waals surface area contributed by atoms with Crippen LogP contribution in [-0.2, 0) is 26.5 Å². The van der Waals surface area contributed by atoms with Gasteiger partial charge in [-0.05, 0) is 97.0 Å². The van der Waals surface area contributed by atoms with Crippen LogP contribution in [0.25, 0.3) is 61.4 Å². The second kappa shape index (κ2) is 16.6. The predicted octanol–water partition coefficient (Wildman–Crippen LogP) is 12.2. The van der Waals surface area contributed by atoms with E-state index in [4.69, 9.17) is 12.1 Å². The van der Waals surface area contributed by atoms with Crippen molar-refractivity contribution >= 4 is 46.4 Å². The van der Waals surface area contributed by atoms with Gasteiger partial charge >= 0.3 is 0 Å². The number of aryl methyl sites for hydroxylation is 3. The number of fused-ring (bicyclic) bond motifs is 4. The van der Waals surface area contributed by atoms with Gasteiger partial charge in [-0.3, -0.25) is 4.98 Å². The number of para-hydroxylation sites is 2. The molecule has 0 saturated heterocycles. The summed E-state index contributed by atoms with van der Waals surface area (Å²) in [6, 6.07) is 49.0. The third-order valence-corrected chi connectivity index (χ3v) is 12.1. The van der Waals surface area contributed by atoms with Gasteiger partial charge in [-0.2, -0.15) is 0 Å². The molecule has 1 radical (unpaired) electrons. The number of pyridine rings is 2. The van der Waals surface area contributed by atoms with Crippen LogP contribution in [0.2, 0.25) is 19.6 Å². The standard InChI is InChI=1S/C27H20N3O.C23H26NSi.Ir/c1-16-13-17(2)15-19(14-16)30-24-10-5-4-9-23(24)29-26(30)22-8-6-7-20-21-12-11-18(3)28-27(21)31-25(20)22;1-18(19-11-7-5-8-12-19)15-21-16-22(20-13-9-6-10-14-20)24-17-23(21)25(2,3)4;/h4-7,9-15H,1-3H3;5-13,16-18H,15H2,1-4H3;/q2*-1;/i;15D2;. The molecule has 1 unspecified atom stereocenters. The van der Waals surface area contributed by atoms with Gasteiger partial charge in [-0.1, -0.05) is 97.7 Å². The van der Waals surface area contributed by atoms with E-state index in [1.54, 1.807) is 0 Å². The Hall–Kier alpha value is -5.46. The van der Waals surface area contributed by atoms with E-state index >= 15 is 0 Å². The molecule has 5 aromatic carbocycles. The van der Waals surface area contributed by atoms with E-state index in [-0.39, 0.29) is 26.0 Å².